The molecule has 0 bridgehead atoms. The minimum atomic E-state index is -2.41. The van der Waals surface area contributed by atoms with Crippen molar-refractivity contribution >= 4 is 5.97 Å². The van der Waals surface area contributed by atoms with Gasteiger partial charge in [0.25, 0.3) is 6.43 Å². The predicted octanol–water partition coefficient (Wildman–Crippen LogP) is 2.10. The van der Waals surface area contributed by atoms with Gasteiger partial charge in [-0.3, -0.25) is 4.68 Å². The lowest BCUT2D eigenvalue weighted by molar-refractivity contribution is 0.0696. The summed E-state index contributed by atoms with van der Waals surface area (Å²) in [5, 5.41) is 16.5. The smallest absolute Gasteiger partial charge is 0.335 e. The van der Waals surface area contributed by atoms with Gasteiger partial charge in [-0.05, 0) is 42.2 Å². The molecule has 2 aromatic rings. The van der Waals surface area contributed by atoms with Gasteiger partial charge in [0.1, 0.15) is 6.54 Å². The number of halogens is 2. The molecule has 23 heavy (non-hydrogen) atoms. The molecule has 1 unspecified atom stereocenters. The van der Waals surface area contributed by atoms with Crippen molar-refractivity contribution in [3.8, 4) is 0 Å². The molecule has 0 saturated carbocycles. The molecule has 3 rings (SSSR count). The van der Waals surface area contributed by atoms with Gasteiger partial charge >= 0.3 is 5.97 Å². The van der Waals surface area contributed by atoms with Crippen molar-refractivity contribution in [1.82, 2.24) is 15.1 Å². The largest absolute Gasteiger partial charge is 0.478 e. The molecule has 1 atom stereocenters. The van der Waals surface area contributed by atoms with Crippen LogP contribution in [0.15, 0.2) is 30.5 Å². The second-order valence-electron chi connectivity index (χ2n) is 5.69. The maximum Gasteiger partial charge on any atom is 0.335 e. The van der Waals surface area contributed by atoms with Crippen molar-refractivity contribution < 1.29 is 18.7 Å². The molecule has 0 fully saturated rings. The molecule has 122 valence electrons. The lowest BCUT2D eigenvalue weighted by atomic mass is 10.1. The number of carboxylic acids is 1. The Hall–Kier alpha value is -2.28. The topological polar surface area (TPSA) is 67.2 Å². The van der Waals surface area contributed by atoms with Crippen LogP contribution in [0.1, 0.15) is 27.2 Å². The average Bonchev–Trinajstić information content (AvgIpc) is 3.09. The number of alkyl halides is 2. The molecule has 1 aromatic heterocycles. The van der Waals surface area contributed by atoms with Crippen LogP contribution >= 0.6 is 0 Å². The van der Waals surface area contributed by atoms with Crippen LogP contribution < -0.4 is 5.32 Å². The number of nitrogens with one attached hydrogen (secondary N) is 1. The molecular formula is C16H17F2N3O2. The fourth-order valence-electron chi connectivity index (χ4n) is 2.89. The third-order valence-corrected chi connectivity index (χ3v) is 3.98. The van der Waals surface area contributed by atoms with E-state index in [2.05, 4.69) is 10.4 Å². The quantitative estimate of drug-likeness (QED) is 0.855. The molecule has 2 N–H and O–H groups in total. The van der Waals surface area contributed by atoms with E-state index in [0.717, 1.165) is 24.0 Å². The van der Waals surface area contributed by atoms with E-state index < -0.39 is 18.9 Å². The molecule has 1 aliphatic carbocycles. The summed E-state index contributed by atoms with van der Waals surface area (Å²) in [4.78, 5) is 11.0. The summed E-state index contributed by atoms with van der Waals surface area (Å²) in [5.41, 5.74) is 3.21. The Morgan fingerprint density at radius 3 is 2.87 bits per heavy atom. The van der Waals surface area contributed by atoms with Gasteiger partial charge in [-0.2, -0.15) is 5.10 Å². The van der Waals surface area contributed by atoms with Crippen molar-refractivity contribution in [2.24, 2.45) is 0 Å². The Balaban J connectivity index is 1.56. The van der Waals surface area contributed by atoms with Crippen LogP contribution in [0.4, 0.5) is 8.78 Å². The third-order valence-electron chi connectivity index (χ3n) is 3.98. The van der Waals surface area contributed by atoms with Gasteiger partial charge in [0.05, 0.1) is 11.3 Å². The van der Waals surface area contributed by atoms with E-state index in [1.54, 1.807) is 24.4 Å². The summed E-state index contributed by atoms with van der Waals surface area (Å²) in [6.45, 7) is 0.105. The Labute approximate surface area is 131 Å². The number of hydrogen-bond donors (Lipinski definition) is 2. The lowest BCUT2D eigenvalue weighted by Crippen LogP contribution is -2.29. The van der Waals surface area contributed by atoms with Crippen molar-refractivity contribution in [2.45, 2.75) is 38.4 Å². The summed E-state index contributed by atoms with van der Waals surface area (Å²) in [6.07, 6.45) is 0.718. The van der Waals surface area contributed by atoms with Crippen LogP contribution in [0.25, 0.3) is 0 Å². The van der Waals surface area contributed by atoms with Crippen LogP contribution in [0.3, 0.4) is 0 Å². The number of rotatable bonds is 6. The maximum atomic E-state index is 12.3. The first-order valence-electron chi connectivity index (χ1n) is 7.40. The minimum absolute atomic E-state index is 0.203. The Morgan fingerprint density at radius 2 is 2.13 bits per heavy atom. The zero-order valence-electron chi connectivity index (χ0n) is 12.4. The zero-order chi connectivity index (χ0) is 16.4. The second-order valence-corrected chi connectivity index (χ2v) is 5.69. The molecule has 0 spiro atoms. The molecular weight excluding hydrogens is 304 g/mol. The molecule has 0 saturated heterocycles. The first-order valence-corrected chi connectivity index (χ1v) is 7.40. The van der Waals surface area contributed by atoms with Gasteiger partial charge < -0.3 is 10.4 Å². The molecule has 1 aromatic carbocycles. The number of aromatic carboxylic acids is 1. The van der Waals surface area contributed by atoms with Gasteiger partial charge in [-0.25, -0.2) is 13.6 Å². The van der Waals surface area contributed by atoms with Crippen LogP contribution in [0.5, 0.6) is 0 Å². The summed E-state index contributed by atoms with van der Waals surface area (Å²) in [5.74, 6) is -0.922. The molecule has 1 aliphatic rings. The van der Waals surface area contributed by atoms with Crippen LogP contribution in [-0.2, 0) is 25.9 Å². The maximum absolute atomic E-state index is 12.3. The summed E-state index contributed by atoms with van der Waals surface area (Å²) in [7, 11) is 0. The van der Waals surface area contributed by atoms with E-state index in [1.165, 1.54) is 4.68 Å². The zero-order valence-corrected chi connectivity index (χ0v) is 12.4. The number of carboxylic acid groups (broad SMARTS) is 1. The second kappa shape index (κ2) is 6.45. The van der Waals surface area contributed by atoms with E-state index in [-0.39, 0.29) is 6.04 Å². The average molecular weight is 321 g/mol. The Morgan fingerprint density at radius 1 is 1.35 bits per heavy atom. The first-order chi connectivity index (χ1) is 11.0. The number of fused-ring (bicyclic) bond motifs is 1. The third kappa shape index (κ3) is 3.73. The lowest BCUT2D eigenvalue weighted by Gasteiger charge is -2.10. The van der Waals surface area contributed by atoms with E-state index in [4.69, 9.17) is 5.11 Å². The predicted molar refractivity (Wildman–Crippen MR) is 79.7 cm³/mol. The molecule has 5 nitrogen and oxygen atoms in total. The summed E-state index contributed by atoms with van der Waals surface area (Å²) in [6, 6.07) is 7.12. The molecule has 0 amide bonds. The van der Waals surface area contributed by atoms with Crippen molar-refractivity contribution in [3.05, 3.63) is 52.8 Å². The number of aromatic nitrogens is 2. The van der Waals surface area contributed by atoms with Gasteiger partial charge in [0.2, 0.25) is 0 Å². The van der Waals surface area contributed by atoms with E-state index in [0.29, 0.717) is 17.8 Å². The highest BCUT2D eigenvalue weighted by Crippen LogP contribution is 2.23. The highest BCUT2D eigenvalue weighted by molar-refractivity contribution is 5.88. The van der Waals surface area contributed by atoms with Crippen molar-refractivity contribution in [2.75, 3.05) is 0 Å². The molecule has 0 aliphatic heterocycles. The van der Waals surface area contributed by atoms with E-state index >= 15 is 0 Å². The minimum Gasteiger partial charge on any atom is -0.478 e. The molecule has 0 radical (unpaired) electrons. The summed E-state index contributed by atoms with van der Waals surface area (Å²) >= 11 is 0. The van der Waals surface area contributed by atoms with Crippen molar-refractivity contribution in [3.63, 3.8) is 0 Å². The highest BCUT2D eigenvalue weighted by Gasteiger charge is 2.22. The highest BCUT2D eigenvalue weighted by atomic mass is 19.3. The van der Waals surface area contributed by atoms with Gasteiger partial charge in [0, 0.05) is 18.8 Å². The number of nitrogens with zero attached hydrogens (tertiary/aromatic N) is 2. The normalized spacial score (nSPS) is 16.7. The van der Waals surface area contributed by atoms with Crippen molar-refractivity contribution in [1.29, 1.82) is 0 Å². The van der Waals surface area contributed by atoms with Gasteiger partial charge in [-0.1, -0.05) is 6.07 Å². The Kier molecular flexibility index (Phi) is 4.38. The molecule has 1 heterocycles. The standard InChI is InChI=1S/C16H17F2N3O2/c17-15(18)9-21-4-3-13(20-21)8-19-14-6-10-1-2-11(16(22)23)5-12(10)7-14/h1-5,14-15,19H,6-9H2,(H,22,23). The number of hydrogen-bond acceptors (Lipinski definition) is 3. The van der Waals surface area contributed by atoms with Crippen LogP contribution in [0, 0.1) is 0 Å². The van der Waals surface area contributed by atoms with Crippen LogP contribution in [0.2, 0.25) is 0 Å². The Bertz CT molecular complexity index is 715. The number of carbonyl (C=O) groups is 1. The fraction of sp³-hybridized carbons (Fsp3) is 0.375. The fourth-order valence-corrected chi connectivity index (χ4v) is 2.89. The van der Waals surface area contributed by atoms with Gasteiger partial charge in [-0.15, -0.1) is 0 Å². The van der Waals surface area contributed by atoms with Gasteiger partial charge in [0.15, 0.2) is 0 Å². The van der Waals surface area contributed by atoms with Crippen LogP contribution in [-0.4, -0.2) is 33.3 Å². The first kappa shape index (κ1) is 15.6. The summed E-state index contributed by atoms with van der Waals surface area (Å²) < 4.78 is 25.8. The van der Waals surface area contributed by atoms with E-state index in [1.807, 2.05) is 6.07 Å². The number of benzene rings is 1. The molecule has 7 heteroatoms. The monoisotopic (exact) mass is 321 g/mol. The van der Waals surface area contributed by atoms with E-state index in [9.17, 15) is 13.6 Å². The SMILES string of the molecule is O=C(O)c1ccc2c(c1)CC(NCc1ccn(CC(F)F)n1)C2.